The number of rotatable bonds is 4. The predicted molar refractivity (Wildman–Crippen MR) is 82.8 cm³/mol. The maximum Gasteiger partial charge on any atom is 0.123 e. The van der Waals surface area contributed by atoms with Crippen LogP contribution in [0, 0.1) is 5.82 Å². The van der Waals surface area contributed by atoms with Crippen molar-refractivity contribution in [2.45, 2.75) is 37.1 Å². The summed E-state index contributed by atoms with van der Waals surface area (Å²) in [5.74, 6) is -0.200. The first-order valence-electron chi connectivity index (χ1n) is 7.54. The standard InChI is InChI=1S/C18H20FNO2/c19-14-8-6-12(7-9-14)11-20-17-15(10-16(21)18(17)22)13-4-2-1-3-5-13/h1-9,15-18,20-22H,10-11H2/t15-,16-,17-,18-/m1/s1. The Bertz CT molecular complexity index is 602. The van der Waals surface area contributed by atoms with Crippen LogP contribution >= 0.6 is 0 Å². The summed E-state index contributed by atoms with van der Waals surface area (Å²) in [7, 11) is 0. The molecule has 0 unspecified atom stereocenters. The molecule has 4 atom stereocenters. The molecule has 2 aromatic rings. The van der Waals surface area contributed by atoms with Gasteiger partial charge in [0.2, 0.25) is 0 Å². The van der Waals surface area contributed by atoms with Crippen LogP contribution in [-0.2, 0) is 6.54 Å². The Morgan fingerprint density at radius 3 is 2.36 bits per heavy atom. The molecule has 0 aliphatic heterocycles. The van der Waals surface area contributed by atoms with Crippen molar-refractivity contribution in [2.75, 3.05) is 0 Å². The van der Waals surface area contributed by atoms with E-state index in [2.05, 4.69) is 5.32 Å². The number of benzene rings is 2. The smallest absolute Gasteiger partial charge is 0.123 e. The molecule has 0 spiro atoms. The fourth-order valence-corrected chi connectivity index (χ4v) is 3.17. The summed E-state index contributed by atoms with van der Waals surface area (Å²) in [5.41, 5.74) is 2.05. The molecule has 3 rings (SSSR count). The van der Waals surface area contributed by atoms with Crippen molar-refractivity contribution in [2.24, 2.45) is 0 Å². The normalized spacial score (nSPS) is 28.0. The zero-order valence-electron chi connectivity index (χ0n) is 12.2. The van der Waals surface area contributed by atoms with Crippen molar-refractivity contribution >= 4 is 0 Å². The molecular weight excluding hydrogens is 281 g/mol. The Kier molecular flexibility index (Phi) is 4.52. The zero-order chi connectivity index (χ0) is 15.5. The van der Waals surface area contributed by atoms with Crippen LogP contribution in [0.5, 0.6) is 0 Å². The molecule has 1 aliphatic rings. The highest BCUT2D eigenvalue weighted by atomic mass is 19.1. The molecule has 0 heterocycles. The van der Waals surface area contributed by atoms with Crippen LogP contribution in [0.1, 0.15) is 23.5 Å². The number of nitrogens with one attached hydrogen (secondary N) is 1. The minimum absolute atomic E-state index is 0.0617. The summed E-state index contributed by atoms with van der Waals surface area (Å²) in [6.45, 7) is 0.526. The van der Waals surface area contributed by atoms with E-state index in [1.54, 1.807) is 12.1 Å². The van der Waals surface area contributed by atoms with Crippen molar-refractivity contribution in [3.05, 3.63) is 71.5 Å². The first-order chi connectivity index (χ1) is 10.6. The predicted octanol–water partition coefficient (Wildman–Crippen LogP) is 2.19. The van der Waals surface area contributed by atoms with E-state index in [9.17, 15) is 14.6 Å². The lowest BCUT2D eigenvalue weighted by Gasteiger charge is -2.24. The highest BCUT2D eigenvalue weighted by Crippen LogP contribution is 2.35. The maximum atomic E-state index is 12.9. The van der Waals surface area contributed by atoms with Gasteiger partial charge in [0.15, 0.2) is 0 Å². The second-order valence-electron chi connectivity index (χ2n) is 5.84. The molecule has 0 amide bonds. The molecule has 2 aromatic carbocycles. The second kappa shape index (κ2) is 6.57. The fourth-order valence-electron chi connectivity index (χ4n) is 3.17. The molecule has 0 saturated heterocycles. The van der Waals surface area contributed by atoms with E-state index in [1.165, 1.54) is 12.1 Å². The molecule has 22 heavy (non-hydrogen) atoms. The number of halogens is 1. The monoisotopic (exact) mass is 301 g/mol. The van der Waals surface area contributed by atoms with Gasteiger partial charge in [-0.05, 0) is 29.7 Å². The van der Waals surface area contributed by atoms with Crippen LogP contribution < -0.4 is 5.32 Å². The van der Waals surface area contributed by atoms with Crippen molar-refractivity contribution in [3.8, 4) is 0 Å². The van der Waals surface area contributed by atoms with Crippen molar-refractivity contribution in [1.29, 1.82) is 0 Å². The summed E-state index contributed by atoms with van der Waals surface area (Å²) >= 11 is 0. The van der Waals surface area contributed by atoms with Crippen LogP contribution in [-0.4, -0.2) is 28.5 Å². The van der Waals surface area contributed by atoms with Crippen LogP contribution in [0.3, 0.4) is 0 Å². The summed E-state index contributed by atoms with van der Waals surface area (Å²) in [5, 5.41) is 23.5. The summed E-state index contributed by atoms with van der Waals surface area (Å²) in [4.78, 5) is 0. The summed E-state index contributed by atoms with van der Waals surface area (Å²) in [6.07, 6.45) is -0.992. The van der Waals surface area contributed by atoms with E-state index in [-0.39, 0.29) is 17.8 Å². The summed E-state index contributed by atoms with van der Waals surface area (Å²) < 4.78 is 12.9. The average molecular weight is 301 g/mol. The quantitative estimate of drug-likeness (QED) is 0.811. The van der Waals surface area contributed by atoms with Gasteiger partial charge in [0.05, 0.1) is 12.2 Å². The van der Waals surface area contributed by atoms with Gasteiger partial charge in [0.25, 0.3) is 0 Å². The van der Waals surface area contributed by atoms with Crippen LogP contribution in [0.25, 0.3) is 0 Å². The van der Waals surface area contributed by atoms with Gasteiger partial charge in [0.1, 0.15) is 5.82 Å². The van der Waals surface area contributed by atoms with E-state index in [1.807, 2.05) is 30.3 Å². The van der Waals surface area contributed by atoms with Gasteiger partial charge in [-0.25, -0.2) is 4.39 Å². The lowest BCUT2D eigenvalue weighted by Crippen LogP contribution is -2.41. The molecule has 3 nitrogen and oxygen atoms in total. The molecular formula is C18H20FNO2. The van der Waals surface area contributed by atoms with Crippen molar-refractivity contribution < 1.29 is 14.6 Å². The highest BCUT2D eigenvalue weighted by molar-refractivity contribution is 5.25. The maximum absolute atomic E-state index is 12.9. The number of aliphatic hydroxyl groups excluding tert-OH is 2. The van der Waals surface area contributed by atoms with Crippen LogP contribution in [0.2, 0.25) is 0 Å². The lowest BCUT2D eigenvalue weighted by molar-refractivity contribution is 0.0297. The van der Waals surface area contributed by atoms with Gasteiger partial charge in [-0.3, -0.25) is 0 Å². The number of aliphatic hydroxyl groups is 2. The molecule has 0 radical (unpaired) electrons. The van der Waals surface area contributed by atoms with Gasteiger partial charge in [0, 0.05) is 18.5 Å². The number of hydrogen-bond donors (Lipinski definition) is 3. The Morgan fingerprint density at radius 2 is 1.68 bits per heavy atom. The Hall–Kier alpha value is -1.75. The van der Waals surface area contributed by atoms with Crippen LogP contribution in [0.15, 0.2) is 54.6 Å². The van der Waals surface area contributed by atoms with E-state index in [0.29, 0.717) is 13.0 Å². The van der Waals surface area contributed by atoms with E-state index >= 15 is 0 Å². The molecule has 3 N–H and O–H groups in total. The molecule has 0 bridgehead atoms. The third kappa shape index (κ3) is 3.19. The Balaban J connectivity index is 1.73. The fraction of sp³-hybridized carbons (Fsp3) is 0.333. The second-order valence-corrected chi connectivity index (χ2v) is 5.84. The number of hydrogen-bond acceptors (Lipinski definition) is 3. The topological polar surface area (TPSA) is 52.5 Å². The van der Waals surface area contributed by atoms with Crippen molar-refractivity contribution in [3.63, 3.8) is 0 Å². The van der Waals surface area contributed by atoms with Crippen LogP contribution in [0.4, 0.5) is 4.39 Å². The van der Waals surface area contributed by atoms with Crippen molar-refractivity contribution in [1.82, 2.24) is 5.32 Å². The third-order valence-electron chi connectivity index (χ3n) is 4.37. The molecule has 1 fully saturated rings. The Morgan fingerprint density at radius 1 is 1.00 bits per heavy atom. The molecule has 1 aliphatic carbocycles. The van der Waals surface area contributed by atoms with Gasteiger partial charge >= 0.3 is 0 Å². The van der Waals surface area contributed by atoms with E-state index in [0.717, 1.165) is 11.1 Å². The first kappa shape index (κ1) is 15.2. The third-order valence-corrected chi connectivity index (χ3v) is 4.37. The van der Waals surface area contributed by atoms with Gasteiger partial charge in [-0.15, -0.1) is 0 Å². The van der Waals surface area contributed by atoms with E-state index in [4.69, 9.17) is 0 Å². The Labute approximate surface area is 129 Å². The molecule has 4 heteroatoms. The summed E-state index contributed by atoms with van der Waals surface area (Å²) in [6, 6.07) is 16.0. The molecule has 1 saturated carbocycles. The van der Waals surface area contributed by atoms with Gasteiger partial charge in [-0.1, -0.05) is 42.5 Å². The molecule has 0 aromatic heterocycles. The molecule has 116 valence electrons. The highest BCUT2D eigenvalue weighted by Gasteiger charge is 2.41. The largest absolute Gasteiger partial charge is 0.390 e. The SMILES string of the molecule is O[C@H]1[C@H](NCc2ccc(F)cc2)[C@@H](c2ccccc2)C[C@H]1O. The lowest BCUT2D eigenvalue weighted by atomic mass is 9.93. The van der Waals surface area contributed by atoms with E-state index < -0.39 is 12.2 Å². The first-order valence-corrected chi connectivity index (χ1v) is 7.54. The van der Waals surface area contributed by atoms with Gasteiger partial charge < -0.3 is 15.5 Å². The van der Waals surface area contributed by atoms with Gasteiger partial charge in [-0.2, -0.15) is 0 Å². The minimum atomic E-state index is -0.800. The zero-order valence-corrected chi connectivity index (χ0v) is 12.2. The minimum Gasteiger partial charge on any atom is -0.390 e. The average Bonchev–Trinajstić information content (AvgIpc) is 2.83.